The quantitative estimate of drug-likeness (QED) is 0.673. The van der Waals surface area contributed by atoms with Crippen LogP contribution in [0.4, 0.5) is 9.18 Å². The smallest absolute Gasteiger partial charge is 0.407 e. The molecule has 0 spiro atoms. The van der Waals surface area contributed by atoms with Crippen molar-refractivity contribution in [3.63, 3.8) is 0 Å². The van der Waals surface area contributed by atoms with E-state index in [0.717, 1.165) is 11.6 Å². The molecule has 0 fully saturated rings. The zero-order valence-corrected chi connectivity index (χ0v) is 12.9. The Morgan fingerprint density at radius 2 is 1.92 bits per heavy atom. The Balaban J connectivity index is 1.70. The van der Waals surface area contributed by atoms with Gasteiger partial charge in [0.05, 0.1) is 11.8 Å². The van der Waals surface area contributed by atoms with Crippen LogP contribution < -0.4 is 5.32 Å². The molecule has 2 unspecified atom stereocenters. The van der Waals surface area contributed by atoms with Crippen LogP contribution in [-0.2, 0) is 11.3 Å². The highest BCUT2D eigenvalue weighted by Gasteiger charge is 2.20. The molecule has 0 bridgehead atoms. The number of carbonyl (C=O) groups excluding carboxylic acids is 1. The largest absolute Gasteiger partial charge is 0.445 e. The van der Waals surface area contributed by atoms with Crippen molar-refractivity contribution in [1.82, 2.24) is 10.3 Å². The van der Waals surface area contributed by atoms with Gasteiger partial charge in [-0.3, -0.25) is 0 Å². The van der Waals surface area contributed by atoms with E-state index in [0.29, 0.717) is 0 Å². The fraction of sp³-hybridized carbons (Fsp3) is 0.294. The highest BCUT2D eigenvalue weighted by atomic mass is 19.1. The van der Waals surface area contributed by atoms with E-state index in [1.54, 1.807) is 0 Å². The zero-order valence-electron chi connectivity index (χ0n) is 12.9. The molecule has 2 rings (SSSR count). The van der Waals surface area contributed by atoms with Gasteiger partial charge in [-0.25, -0.2) is 9.78 Å². The van der Waals surface area contributed by atoms with Gasteiger partial charge in [0.1, 0.15) is 12.7 Å². The molecule has 1 heterocycles. The second-order valence-corrected chi connectivity index (χ2v) is 5.17. The van der Waals surface area contributed by atoms with Crippen molar-refractivity contribution in [3.05, 3.63) is 65.7 Å². The Morgan fingerprint density at radius 1 is 1.17 bits per heavy atom. The second-order valence-electron chi connectivity index (χ2n) is 5.17. The van der Waals surface area contributed by atoms with Crippen LogP contribution >= 0.6 is 0 Å². The first-order valence-electron chi connectivity index (χ1n) is 7.49. The average Bonchev–Trinajstić information content (AvgIpc) is 2.60. The fourth-order valence-corrected chi connectivity index (χ4v) is 2.04. The first-order chi connectivity index (χ1) is 11.6. The Morgan fingerprint density at radius 3 is 2.62 bits per heavy atom. The number of ether oxygens (including phenoxy) is 1. The van der Waals surface area contributed by atoms with E-state index < -0.39 is 24.2 Å². The summed E-state index contributed by atoms with van der Waals surface area (Å²) in [5.41, 5.74) is 0.898. The lowest BCUT2D eigenvalue weighted by Gasteiger charge is -2.17. The summed E-state index contributed by atoms with van der Waals surface area (Å²) in [7, 11) is 0. The van der Waals surface area contributed by atoms with Crippen molar-refractivity contribution in [3.8, 4) is 0 Å². The van der Waals surface area contributed by atoms with Gasteiger partial charge in [0.25, 0.3) is 0 Å². The first kappa shape index (κ1) is 17.8. The molecule has 0 saturated heterocycles. The topological polar surface area (TPSA) is 91.7 Å². The molecule has 128 valence electrons. The van der Waals surface area contributed by atoms with E-state index in [2.05, 4.69) is 10.3 Å². The number of amides is 1. The third kappa shape index (κ3) is 5.60. The average molecular weight is 334 g/mol. The molecule has 0 saturated carbocycles. The molecule has 1 aromatic carbocycles. The lowest BCUT2D eigenvalue weighted by molar-refractivity contribution is 0.0107. The molecule has 24 heavy (non-hydrogen) atoms. The number of hydrogen-bond acceptors (Lipinski definition) is 5. The molecule has 0 aliphatic heterocycles. The normalized spacial score (nSPS) is 13.1. The third-order valence-corrected chi connectivity index (χ3v) is 3.33. The lowest BCUT2D eigenvalue weighted by atomic mass is 10.1. The van der Waals surface area contributed by atoms with Crippen molar-refractivity contribution in [2.24, 2.45) is 0 Å². The zero-order chi connectivity index (χ0) is 17.4. The number of pyridine rings is 1. The van der Waals surface area contributed by atoms with Crippen LogP contribution in [0.3, 0.4) is 0 Å². The van der Waals surface area contributed by atoms with Gasteiger partial charge in [-0.2, -0.15) is 4.39 Å². The van der Waals surface area contributed by atoms with Crippen molar-refractivity contribution in [2.75, 3.05) is 6.54 Å². The van der Waals surface area contributed by atoms with E-state index in [4.69, 9.17) is 4.74 Å². The maximum atomic E-state index is 13.0. The van der Waals surface area contributed by atoms with Gasteiger partial charge in [-0.05, 0) is 24.1 Å². The molecular formula is C17H19FN2O4. The molecule has 3 N–H and O–H groups in total. The Kier molecular flexibility index (Phi) is 6.65. The van der Waals surface area contributed by atoms with Gasteiger partial charge in [-0.15, -0.1) is 0 Å². The number of halogens is 1. The van der Waals surface area contributed by atoms with Crippen LogP contribution in [0.25, 0.3) is 0 Å². The standard InChI is InChI=1S/C17H19FN2O4/c18-15-8-4-7-13(20-15)16(22)14(21)9-10-19-17(23)24-11-12-5-2-1-3-6-12/h1-8,14,16,21-22H,9-11H2,(H,19,23). The van der Waals surface area contributed by atoms with Crippen LogP contribution in [0.5, 0.6) is 0 Å². The second kappa shape index (κ2) is 8.95. The minimum absolute atomic E-state index is 0.0363. The summed E-state index contributed by atoms with van der Waals surface area (Å²) < 4.78 is 18.0. The van der Waals surface area contributed by atoms with Gasteiger partial charge < -0.3 is 20.3 Å². The number of carbonyl (C=O) groups is 1. The molecule has 1 amide bonds. The predicted octanol–water partition coefficient (Wildman–Crippen LogP) is 1.93. The van der Waals surface area contributed by atoms with Crippen LogP contribution in [0.2, 0.25) is 0 Å². The molecule has 0 aliphatic rings. The van der Waals surface area contributed by atoms with E-state index in [1.807, 2.05) is 30.3 Å². The van der Waals surface area contributed by atoms with Gasteiger partial charge in [-0.1, -0.05) is 36.4 Å². The van der Waals surface area contributed by atoms with Crippen LogP contribution in [-0.4, -0.2) is 33.9 Å². The fourth-order valence-electron chi connectivity index (χ4n) is 2.04. The molecule has 0 radical (unpaired) electrons. The summed E-state index contributed by atoms with van der Waals surface area (Å²) in [6.45, 7) is 0.242. The van der Waals surface area contributed by atoms with Crippen molar-refractivity contribution >= 4 is 6.09 Å². The number of alkyl carbamates (subject to hydrolysis) is 1. The molecule has 2 atom stereocenters. The van der Waals surface area contributed by atoms with Gasteiger partial charge in [0.2, 0.25) is 5.95 Å². The summed E-state index contributed by atoms with van der Waals surface area (Å²) >= 11 is 0. The predicted molar refractivity (Wildman–Crippen MR) is 84.4 cm³/mol. The van der Waals surface area contributed by atoms with Gasteiger partial charge in [0, 0.05) is 6.54 Å². The number of benzene rings is 1. The Labute approximate surface area is 138 Å². The summed E-state index contributed by atoms with van der Waals surface area (Å²) in [6.07, 6.45) is -3.07. The van der Waals surface area contributed by atoms with Crippen LogP contribution in [0.15, 0.2) is 48.5 Å². The van der Waals surface area contributed by atoms with Gasteiger partial charge in [0.15, 0.2) is 0 Å². The molecule has 6 nitrogen and oxygen atoms in total. The van der Waals surface area contributed by atoms with Crippen LogP contribution in [0.1, 0.15) is 23.8 Å². The van der Waals surface area contributed by atoms with Gasteiger partial charge >= 0.3 is 6.09 Å². The number of nitrogens with zero attached hydrogens (tertiary/aromatic N) is 1. The maximum absolute atomic E-state index is 13.0. The Hall–Kier alpha value is -2.51. The molecule has 7 heteroatoms. The molecule has 1 aromatic heterocycles. The van der Waals surface area contributed by atoms with Crippen molar-refractivity contribution < 1.29 is 24.1 Å². The van der Waals surface area contributed by atoms with Crippen molar-refractivity contribution in [2.45, 2.75) is 25.2 Å². The lowest BCUT2D eigenvalue weighted by Crippen LogP contribution is -2.30. The van der Waals surface area contributed by atoms with E-state index in [9.17, 15) is 19.4 Å². The number of hydrogen-bond donors (Lipinski definition) is 3. The number of aliphatic hydroxyl groups is 2. The highest BCUT2D eigenvalue weighted by Crippen LogP contribution is 2.16. The van der Waals surface area contributed by atoms with E-state index in [-0.39, 0.29) is 25.3 Å². The van der Waals surface area contributed by atoms with Crippen LogP contribution in [0, 0.1) is 5.95 Å². The SMILES string of the molecule is O=C(NCCC(O)C(O)c1cccc(F)n1)OCc1ccccc1. The Bertz CT molecular complexity index is 654. The molecular weight excluding hydrogens is 315 g/mol. The number of aliphatic hydroxyl groups excluding tert-OH is 2. The number of nitrogens with one attached hydrogen (secondary N) is 1. The third-order valence-electron chi connectivity index (χ3n) is 3.33. The minimum atomic E-state index is -1.33. The number of aromatic nitrogens is 1. The van der Waals surface area contributed by atoms with E-state index >= 15 is 0 Å². The van der Waals surface area contributed by atoms with Crippen molar-refractivity contribution in [1.29, 1.82) is 0 Å². The highest BCUT2D eigenvalue weighted by molar-refractivity contribution is 5.67. The maximum Gasteiger partial charge on any atom is 0.407 e. The minimum Gasteiger partial charge on any atom is -0.445 e. The summed E-state index contributed by atoms with van der Waals surface area (Å²) in [6, 6.07) is 13.2. The number of rotatable bonds is 7. The summed E-state index contributed by atoms with van der Waals surface area (Å²) in [5.74, 6) is -0.735. The molecule has 2 aromatic rings. The first-order valence-corrected chi connectivity index (χ1v) is 7.49. The monoisotopic (exact) mass is 334 g/mol. The summed E-state index contributed by atoms with van der Waals surface area (Å²) in [5, 5.41) is 22.3. The van der Waals surface area contributed by atoms with E-state index in [1.165, 1.54) is 12.1 Å². The summed E-state index contributed by atoms with van der Waals surface area (Å²) in [4.78, 5) is 15.1. The molecule has 0 aliphatic carbocycles.